The molecule has 6 aromatic carbocycles. The van der Waals surface area contributed by atoms with Crippen molar-refractivity contribution in [3.05, 3.63) is 109 Å². The highest BCUT2D eigenvalue weighted by atomic mass is 32.1. The van der Waals surface area contributed by atoms with Crippen LogP contribution in [0.4, 0.5) is 0 Å². The molecule has 0 radical (unpaired) electrons. The first-order valence-corrected chi connectivity index (χ1v) is 18.1. The van der Waals surface area contributed by atoms with E-state index in [0.29, 0.717) is 0 Å². The van der Waals surface area contributed by atoms with Crippen LogP contribution in [0.15, 0.2) is 103 Å². The molecule has 0 amide bonds. The highest BCUT2D eigenvalue weighted by molar-refractivity contribution is 7.27. The molecular weight excluding hydrogens is 569 g/mol. The summed E-state index contributed by atoms with van der Waals surface area (Å²) in [6.45, 7) is 2.29. The van der Waals surface area contributed by atoms with Crippen molar-refractivity contribution < 1.29 is 0 Å². The summed E-state index contributed by atoms with van der Waals surface area (Å²) in [5.41, 5.74) is 4.03. The Hall–Kier alpha value is -3.72. The van der Waals surface area contributed by atoms with E-state index in [1.165, 1.54) is 136 Å². The van der Waals surface area contributed by atoms with Gasteiger partial charge in [-0.3, -0.25) is 0 Å². The molecule has 0 nitrogen and oxygen atoms in total. The Bertz CT molecular complexity index is 2270. The van der Waals surface area contributed by atoms with E-state index >= 15 is 0 Å². The van der Waals surface area contributed by atoms with E-state index in [2.05, 4.69) is 110 Å². The largest absolute Gasteiger partial charge is 0.135 e. The fraction of sp³-hybridized carbons (Fsp3) is 0.238. The number of hydrogen-bond donors (Lipinski definition) is 0. The maximum Gasteiger partial charge on any atom is 0.0362 e. The van der Waals surface area contributed by atoms with Crippen LogP contribution >= 0.6 is 22.7 Å². The first-order chi connectivity index (χ1) is 21.7. The molecule has 0 bridgehead atoms. The van der Waals surface area contributed by atoms with Crippen molar-refractivity contribution in [1.29, 1.82) is 0 Å². The average molecular weight is 607 g/mol. The topological polar surface area (TPSA) is 0 Å². The third kappa shape index (κ3) is 5.29. The summed E-state index contributed by atoms with van der Waals surface area (Å²) in [5, 5.41) is 10.9. The van der Waals surface area contributed by atoms with Crippen molar-refractivity contribution >= 4 is 84.6 Å². The van der Waals surface area contributed by atoms with Gasteiger partial charge >= 0.3 is 0 Å². The third-order valence-electron chi connectivity index (χ3n) is 9.47. The minimum atomic E-state index is 1.20. The van der Waals surface area contributed by atoms with Crippen LogP contribution in [0.5, 0.6) is 0 Å². The minimum Gasteiger partial charge on any atom is -0.135 e. The smallest absolute Gasteiger partial charge is 0.0362 e. The van der Waals surface area contributed by atoms with Gasteiger partial charge in [0.25, 0.3) is 0 Å². The fourth-order valence-electron chi connectivity index (χ4n) is 7.01. The van der Waals surface area contributed by atoms with Gasteiger partial charge in [0.2, 0.25) is 0 Å². The average Bonchev–Trinajstić information content (AvgIpc) is 3.58. The lowest BCUT2D eigenvalue weighted by molar-refractivity contribution is 0.575. The van der Waals surface area contributed by atoms with Crippen LogP contribution in [0, 0.1) is 0 Å². The molecule has 0 aliphatic heterocycles. The number of hydrogen-bond acceptors (Lipinski definition) is 2. The number of thiophene rings is 2. The van der Waals surface area contributed by atoms with Crippen molar-refractivity contribution in [2.24, 2.45) is 0 Å². The van der Waals surface area contributed by atoms with Crippen molar-refractivity contribution in [1.82, 2.24) is 0 Å². The monoisotopic (exact) mass is 606 g/mol. The zero-order valence-corrected chi connectivity index (χ0v) is 27.1. The van der Waals surface area contributed by atoms with Crippen molar-refractivity contribution in [2.75, 3.05) is 0 Å². The first kappa shape index (κ1) is 27.8. The lowest BCUT2D eigenvalue weighted by Crippen LogP contribution is -1.87. The normalized spacial score (nSPS) is 12.1. The standard InChI is InChI=1S/C42H38S2/c1-2-3-4-5-6-7-8-10-13-28-16-17-31-22-35-37-26-42-38(27-41(37)43-39(35)24-33(31)20-28)36-23-32-19-18-30(29-14-11-9-12-15-29)21-34(32)25-40(36)44-42/h9,11-12,14-27H,2-8,10,13H2,1H3. The highest BCUT2D eigenvalue weighted by Gasteiger charge is 2.13. The van der Waals surface area contributed by atoms with Crippen LogP contribution in [0.1, 0.15) is 63.9 Å². The van der Waals surface area contributed by atoms with E-state index in [0.717, 1.165) is 0 Å². The van der Waals surface area contributed by atoms with Crippen molar-refractivity contribution in [3.63, 3.8) is 0 Å². The summed E-state index contributed by atoms with van der Waals surface area (Å²) < 4.78 is 5.54. The molecule has 218 valence electrons. The molecule has 44 heavy (non-hydrogen) atoms. The maximum atomic E-state index is 2.46. The third-order valence-corrected chi connectivity index (χ3v) is 11.7. The molecule has 0 saturated heterocycles. The van der Waals surface area contributed by atoms with E-state index in [-0.39, 0.29) is 0 Å². The summed E-state index contributed by atoms with van der Waals surface area (Å²) in [6.07, 6.45) is 12.2. The van der Waals surface area contributed by atoms with Gasteiger partial charge in [0.15, 0.2) is 0 Å². The van der Waals surface area contributed by atoms with Gasteiger partial charge in [-0.25, -0.2) is 0 Å². The first-order valence-electron chi connectivity index (χ1n) is 16.5. The lowest BCUT2D eigenvalue weighted by atomic mass is 9.99. The van der Waals surface area contributed by atoms with Gasteiger partial charge in [-0.15, -0.1) is 22.7 Å². The van der Waals surface area contributed by atoms with Crippen LogP contribution in [0.2, 0.25) is 0 Å². The van der Waals surface area contributed by atoms with Gasteiger partial charge in [0.1, 0.15) is 0 Å². The second kappa shape index (κ2) is 12.0. The Balaban J connectivity index is 1.09. The molecule has 0 aliphatic rings. The van der Waals surface area contributed by atoms with E-state index in [1.54, 1.807) is 0 Å². The zero-order chi connectivity index (χ0) is 29.5. The van der Waals surface area contributed by atoms with Gasteiger partial charge in [0, 0.05) is 40.3 Å². The Labute approximate surface area is 268 Å². The van der Waals surface area contributed by atoms with Crippen molar-refractivity contribution in [2.45, 2.75) is 64.7 Å². The number of fused-ring (bicyclic) bond motifs is 8. The van der Waals surface area contributed by atoms with Gasteiger partial charge in [-0.05, 0) is 93.5 Å². The highest BCUT2D eigenvalue weighted by Crippen LogP contribution is 2.44. The summed E-state index contributed by atoms with van der Waals surface area (Å²) in [7, 11) is 0. The van der Waals surface area contributed by atoms with E-state index in [4.69, 9.17) is 0 Å². The van der Waals surface area contributed by atoms with Crippen LogP contribution in [-0.2, 0) is 6.42 Å². The van der Waals surface area contributed by atoms with Crippen LogP contribution in [0.3, 0.4) is 0 Å². The molecular formula is C42H38S2. The van der Waals surface area contributed by atoms with Gasteiger partial charge in [-0.1, -0.05) is 113 Å². The second-order valence-electron chi connectivity index (χ2n) is 12.6. The maximum absolute atomic E-state index is 2.46. The summed E-state index contributed by atoms with van der Waals surface area (Å²) in [4.78, 5) is 0. The van der Waals surface area contributed by atoms with Crippen LogP contribution < -0.4 is 0 Å². The molecule has 0 N–H and O–H groups in total. The number of aryl methyl sites for hydroxylation is 1. The molecule has 8 rings (SSSR count). The summed E-state index contributed by atoms with van der Waals surface area (Å²) in [6, 6.07) is 39.3. The van der Waals surface area contributed by atoms with E-state index in [9.17, 15) is 0 Å². The zero-order valence-electron chi connectivity index (χ0n) is 25.5. The molecule has 2 aromatic heterocycles. The molecule has 0 spiro atoms. The SMILES string of the molecule is CCCCCCCCCCc1ccc2cc3c(cc2c1)sc1cc2c(cc13)sc1cc3cc(-c4ccccc4)ccc3cc12. The molecule has 2 heterocycles. The lowest BCUT2D eigenvalue weighted by Gasteiger charge is -2.05. The Morgan fingerprint density at radius 1 is 0.409 bits per heavy atom. The molecule has 0 aliphatic carbocycles. The Kier molecular flexibility index (Phi) is 7.58. The van der Waals surface area contributed by atoms with Gasteiger partial charge < -0.3 is 0 Å². The van der Waals surface area contributed by atoms with Gasteiger partial charge in [0.05, 0.1) is 0 Å². The Morgan fingerprint density at radius 3 is 1.61 bits per heavy atom. The number of benzene rings is 6. The van der Waals surface area contributed by atoms with Crippen molar-refractivity contribution in [3.8, 4) is 11.1 Å². The predicted molar refractivity (Wildman–Crippen MR) is 199 cm³/mol. The Morgan fingerprint density at radius 2 is 0.955 bits per heavy atom. The van der Waals surface area contributed by atoms with E-state index in [1.807, 2.05) is 22.7 Å². The molecule has 0 saturated carbocycles. The summed E-state index contributed by atoms with van der Waals surface area (Å²) in [5.74, 6) is 0. The fourth-order valence-corrected chi connectivity index (χ4v) is 9.32. The molecule has 8 aromatic rings. The molecule has 0 atom stereocenters. The van der Waals surface area contributed by atoms with Crippen LogP contribution in [-0.4, -0.2) is 0 Å². The van der Waals surface area contributed by atoms with Gasteiger partial charge in [-0.2, -0.15) is 0 Å². The molecule has 2 heteroatoms. The molecule has 0 unspecified atom stereocenters. The second-order valence-corrected chi connectivity index (χ2v) is 14.7. The quantitative estimate of drug-likeness (QED) is 0.136. The summed E-state index contributed by atoms with van der Waals surface area (Å²) >= 11 is 3.88. The van der Waals surface area contributed by atoms with Crippen LogP contribution in [0.25, 0.3) is 73.0 Å². The van der Waals surface area contributed by atoms with E-state index < -0.39 is 0 Å². The number of rotatable bonds is 10. The minimum absolute atomic E-state index is 1.20. The molecule has 0 fully saturated rings. The predicted octanol–water partition coefficient (Wildman–Crippen LogP) is 14.1. The number of unbranched alkanes of at least 4 members (excludes halogenated alkanes) is 7.